The average Bonchev–Trinajstić information content (AvgIpc) is 3.79. The highest BCUT2D eigenvalue weighted by Crippen LogP contribution is 2.53. The summed E-state index contributed by atoms with van der Waals surface area (Å²) in [6.07, 6.45) is 0. The molecule has 0 unspecified atom stereocenters. The number of hydrogen-bond donors (Lipinski definition) is 0. The first-order chi connectivity index (χ1) is 29.0. The van der Waals surface area contributed by atoms with Crippen LogP contribution in [0.2, 0.25) is 0 Å². The van der Waals surface area contributed by atoms with E-state index in [1.54, 1.807) is 0 Å². The van der Waals surface area contributed by atoms with Crippen molar-refractivity contribution >= 4 is 39.0 Å². The van der Waals surface area contributed by atoms with Gasteiger partial charge in [0.05, 0.1) is 5.69 Å². The molecule has 2 heteroatoms. The summed E-state index contributed by atoms with van der Waals surface area (Å²) in [4.78, 5) is 2.47. The molecule has 1 aromatic heterocycles. The van der Waals surface area contributed by atoms with Crippen molar-refractivity contribution in [3.05, 3.63) is 223 Å². The molecule has 0 spiro atoms. The van der Waals surface area contributed by atoms with Crippen LogP contribution in [0.4, 0.5) is 17.1 Å². The monoisotopic (exact) mass is 755 g/mol. The second-order valence-corrected chi connectivity index (χ2v) is 16.1. The fraction of sp³-hybridized carbons (Fsp3) is 0.0526. The van der Waals surface area contributed by atoms with E-state index in [0.29, 0.717) is 0 Å². The van der Waals surface area contributed by atoms with Crippen molar-refractivity contribution in [3.63, 3.8) is 0 Å². The Labute approximate surface area is 345 Å². The van der Waals surface area contributed by atoms with Gasteiger partial charge < -0.3 is 9.32 Å². The van der Waals surface area contributed by atoms with Gasteiger partial charge in [-0.3, -0.25) is 0 Å². The molecule has 0 aliphatic heterocycles. The Kier molecular flexibility index (Phi) is 8.20. The molecular formula is C57H41NO. The highest BCUT2D eigenvalue weighted by molar-refractivity contribution is 6.16. The lowest BCUT2D eigenvalue weighted by Gasteiger charge is -2.31. The number of furan rings is 1. The van der Waals surface area contributed by atoms with Crippen LogP contribution in [0.1, 0.15) is 25.0 Å². The van der Waals surface area contributed by atoms with Gasteiger partial charge in [-0.2, -0.15) is 0 Å². The highest BCUT2D eigenvalue weighted by Gasteiger charge is 2.36. The van der Waals surface area contributed by atoms with Crippen molar-refractivity contribution in [2.75, 3.05) is 4.90 Å². The van der Waals surface area contributed by atoms with Crippen molar-refractivity contribution in [1.82, 2.24) is 0 Å². The summed E-state index contributed by atoms with van der Waals surface area (Å²) in [7, 11) is 0. The van der Waals surface area contributed by atoms with Gasteiger partial charge in [0.15, 0.2) is 0 Å². The largest absolute Gasteiger partial charge is 0.456 e. The van der Waals surface area contributed by atoms with Crippen molar-refractivity contribution in [3.8, 4) is 55.6 Å². The molecule has 280 valence electrons. The van der Waals surface area contributed by atoms with Crippen LogP contribution in [0.25, 0.3) is 77.6 Å². The van der Waals surface area contributed by atoms with E-state index < -0.39 is 0 Å². The third-order valence-electron chi connectivity index (χ3n) is 12.3. The van der Waals surface area contributed by atoms with Gasteiger partial charge in [-0.05, 0) is 104 Å². The van der Waals surface area contributed by atoms with Gasteiger partial charge in [0.1, 0.15) is 11.2 Å². The fourth-order valence-corrected chi connectivity index (χ4v) is 9.40. The van der Waals surface area contributed by atoms with Crippen LogP contribution in [-0.4, -0.2) is 0 Å². The van der Waals surface area contributed by atoms with Crippen molar-refractivity contribution in [1.29, 1.82) is 0 Å². The third-order valence-corrected chi connectivity index (χ3v) is 12.3. The van der Waals surface area contributed by atoms with Crippen LogP contribution in [-0.2, 0) is 5.41 Å². The lowest BCUT2D eigenvalue weighted by atomic mass is 9.82. The predicted octanol–water partition coefficient (Wildman–Crippen LogP) is 16.0. The van der Waals surface area contributed by atoms with Crippen LogP contribution in [0.15, 0.2) is 217 Å². The Morgan fingerprint density at radius 1 is 0.373 bits per heavy atom. The van der Waals surface area contributed by atoms with Crippen molar-refractivity contribution in [2.24, 2.45) is 0 Å². The molecule has 0 saturated carbocycles. The van der Waals surface area contributed by atoms with Crippen molar-refractivity contribution < 1.29 is 4.42 Å². The lowest BCUT2D eigenvalue weighted by molar-refractivity contribution is 0.660. The summed E-state index contributed by atoms with van der Waals surface area (Å²) >= 11 is 0. The normalized spacial score (nSPS) is 12.7. The van der Waals surface area contributed by atoms with Gasteiger partial charge in [0.25, 0.3) is 0 Å². The molecule has 9 aromatic carbocycles. The van der Waals surface area contributed by atoms with Gasteiger partial charge in [0.2, 0.25) is 0 Å². The zero-order chi connectivity index (χ0) is 39.5. The number of rotatable bonds is 7. The molecule has 59 heavy (non-hydrogen) atoms. The second-order valence-electron chi connectivity index (χ2n) is 16.1. The minimum Gasteiger partial charge on any atom is -0.456 e. The Bertz CT molecular complexity index is 3160. The maximum atomic E-state index is 6.60. The molecule has 0 radical (unpaired) electrons. The minimum absolute atomic E-state index is 0.166. The van der Waals surface area contributed by atoms with E-state index >= 15 is 0 Å². The summed E-state index contributed by atoms with van der Waals surface area (Å²) < 4.78 is 6.60. The fourth-order valence-electron chi connectivity index (χ4n) is 9.40. The number of anilines is 3. The molecule has 0 saturated heterocycles. The highest BCUT2D eigenvalue weighted by atomic mass is 16.3. The Balaban J connectivity index is 1.20. The van der Waals surface area contributed by atoms with Crippen LogP contribution in [0, 0.1) is 0 Å². The van der Waals surface area contributed by atoms with Crippen LogP contribution < -0.4 is 4.90 Å². The summed E-state index contributed by atoms with van der Waals surface area (Å²) in [5.74, 6) is 0. The van der Waals surface area contributed by atoms with E-state index in [0.717, 1.165) is 50.1 Å². The van der Waals surface area contributed by atoms with E-state index in [1.165, 1.54) is 55.6 Å². The van der Waals surface area contributed by atoms with Gasteiger partial charge in [-0.25, -0.2) is 0 Å². The zero-order valence-electron chi connectivity index (χ0n) is 33.1. The van der Waals surface area contributed by atoms with E-state index in [9.17, 15) is 0 Å². The Hall–Kier alpha value is -7.42. The standard InChI is InChI=1S/C57H41NO/c1-57(2)50-24-14-12-22-46(50)47-33-31-44(37-51(47)57)58(43-30-32-45(40-18-8-4-9-19-40)49(36-43)41-20-10-5-11-21-41)52-34-35-54-56(48-23-13-15-25-53(48)59-54)55(52)42-28-26-39(27-29-42)38-16-6-3-7-17-38/h3-37H,1-2H3. The van der Waals surface area contributed by atoms with Crippen LogP contribution in [0.3, 0.4) is 0 Å². The summed E-state index contributed by atoms with van der Waals surface area (Å²) in [5.41, 5.74) is 19.5. The molecule has 0 amide bonds. The predicted molar refractivity (Wildman–Crippen MR) is 248 cm³/mol. The average molecular weight is 756 g/mol. The number of nitrogens with zero attached hydrogens (tertiary/aromatic N) is 1. The minimum atomic E-state index is -0.166. The SMILES string of the molecule is CC1(C)c2ccccc2-c2ccc(N(c3ccc(-c4ccccc4)c(-c4ccccc4)c3)c3ccc4oc5ccccc5c4c3-c3ccc(-c4ccccc4)cc3)cc21. The summed E-state index contributed by atoms with van der Waals surface area (Å²) in [5, 5.41) is 2.20. The quantitative estimate of drug-likeness (QED) is 0.161. The van der Waals surface area contributed by atoms with E-state index in [1.807, 2.05) is 0 Å². The first kappa shape index (κ1) is 34.8. The molecule has 0 N–H and O–H groups in total. The van der Waals surface area contributed by atoms with Crippen LogP contribution >= 0.6 is 0 Å². The second kappa shape index (κ2) is 13.9. The molecule has 1 aliphatic carbocycles. The number of para-hydroxylation sites is 1. The summed E-state index contributed by atoms with van der Waals surface area (Å²) in [6, 6.07) is 76.9. The number of fused-ring (bicyclic) bond motifs is 6. The lowest BCUT2D eigenvalue weighted by Crippen LogP contribution is -2.17. The maximum Gasteiger partial charge on any atom is 0.136 e. The first-order valence-corrected chi connectivity index (χ1v) is 20.4. The van der Waals surface area contributed by atoms with E-state index in [2.05, 4.69) is 231 Å². The zero-order valence-corrected chi connectivity index (χ0v) is 33.1. The molecular weight excluding hydrogens is 715 g/mol. The Morgan fingerprint density at radius 3 is 1.64 bits per heavy atom. The molecule has 0 bridgehead atoms. The Morgan fingerprint density at radius 2 is 0.915 bits per heavy atom. The molecule has 1 heterocycles. The molecule has 10 aromatic rings. The maximum absolute atomic E-state index is 6.60. The van der Waals surface area contributed by atoms with Crippen LogP contribution in [0.5, 0.6) is 0 Å². The molecule has 1 aliphatic rings. The van der Waals surface area contributed by atoms with E-state index in [-0.39, 0.29) is 5.41 Å². The smallest absolute Gasteiger partial charge is 0.136 e. The molecule has 2 nitrogen and oxygen atoms in total. The van der Waals surface area contributed by atoms with E-state index in [4.69, 9.17) is 4.42 Å². The molecule has 0 atom stereocenters. The number of benzene rings is 9. The van der Waals surface area contributed by atoms with Gasteiger partial charge >= 0.3 is 0 Å². The van der Waals surface area contributed by atoms with Crippen molar-refractivity contribution in [2.45, 2.75) is 19.3 Å². The first-order valence-electron chi connectivity index (χ1n) is 20.4. The third kappa shape index (κ3) is 5.79. The number of hydrogen-bond acceptors (Lipinski definition) is 2. The molecule has 0 fully saturated rings. The topological polar surface area (TPSA) is 16.4 Å². The van der Waals surface area contributed by atoms with Gasteiger partial charge in [0, 0.05) is 33.1 Å². The van der Waals surface area contributed by atoms with Gasteiger partial charge in [-0.1, -0.05) is 184 Å². The molecule has 11 rings (SSSR count). The summed E-state index contributed by atoms with van der Waals surface area (Å²) in [6.45, 7) is 4.72. The van der Waals surface area contributed by atoms with Gasteiger partial charge in [-0.15, -0.1) is 0 Å².